The van der Waals surface area contributed by atoms with E-state index in [1.54, 1.807) is 0 Å². The number of nitrogens with zero attached hydrogens (tertiary/aromatic N) is 2. The number of hydrogen-bond donors (Lipinski definition) is 1. The van der Waals surface area contributed by atoms with Crippen LogP contribution in [0.5, 0.6) is 0 Å². The molecule has 0 aliphatic heterocycles. The zero-order valence-corrected chi connectivity index (χ0v) is 6.99. The lowest BCUT2D eigenvalue weighted by atomic mass is 10.2. The number of nitrogens with two attached hydrogens (primary N) is 1. The van der Waals surface area contributed by atoms with E-state index in [-0.39, 0.29) is 0 Å². The van der Waals surface area contributed by atoms with Crippen molar-refractivity contribution in [1.29, 1.82) is 0 Å². The maximum atomic E-state index is 5.77. The van der Waals surface area contributed by atoms with Gasteiger partial charge in [0.25, 0.3) is 0 Å². The molecule has 1 heterocycles. The first-order valence-corrected chi connectivity index (χ1v) is 4.03. The Morgan fingerprint density at radius 3 is 3.00 bits per heavy atom. The van der Waals surface area contributed by atoms with Crippen molar-refractivity contribution in [2.24, 2.45) is 0 Å². The van der Waals surface area contributed by atoms with Crippen molar-refractivity contribution in [2.45, 2.75) is 13.5 Å². The fourth-order valence-electron chi connectivity index (χ4n) is 1.28. The summed E-state index contributed by atoms with van der Waals surface area (Å²) in [5, 5.41) is 5.37. The summed E-state index contributed by atoms with van der Waals surface area (Å²) in [5.74, 6) is 0. The summed E-state index contributed by atoms with van der Waals surface area (Å²) in [6, 6.07) is 5.78. The third-order valence-corrected chi connectivity index (χ3v) is 1.96. The molecule has 0 saturated carbocycles. The zero-order chi connectivity index (χ0) is 8.55. The van der Waals surface area contributed by atoms with E-state index in [0.717, 1.165) is 23.1 Å². The first-order valence-electron chi connectivity index (χ1n) is 4.03. The van der Waals surface area contributed by atoms with Crippen LogP contribution in [0.2, 0.25) is 0 Å². The van der Waals surface area contributed by atoms with Crippen LogP contribution in [0.15, 0.2) is 24.4 Å². The second-order valence-corrected chi connectivity index (χ2v) is 2.76. The number of aryl methyl sites for hydroxylation is 1. The molecule has 3 heteroatoms. The quantitative estimate of drug-likeness (QED) is 0.646. The normalized spacial score (nSPS) is 10.8. The second kappa shape index (κ2) is 2.52. The van der Waals surface area contributed by atoms with E-state index in [2.05, 4.69) is 12.0 Å². The molecule has 0 unspecified atom stereocenters. The van der Waals surface area contributed by atoms with Crippen LogP contribution in [0.25, 0.3) is 10.9 Å². The Labute approximate surface area is 70.8 Å². The van der Waals surface area contributed by atoms with E-state index in [0.29, 0.717) is 0 Å². The van der Waals surface area contributed by atoms with Gasteiger partial charge >= 0.3 is 0 Å². The molecule has 0 atom stereocenters. The standard InChI is InChI=1S/C9H11N3/c1-2-12-6-7-8(10)4-3-5-9(7)11-12/h3-6H,2,10H2,1H3. The van der Waals surface area contributed by atoms with E-state index in [1.807, 2.05) is 29.1 Å². The average Bonchev–Trinajstić information content (AvgIpc) is 2.49. The van der Waals surface area contributed by atoms with Crippen molar-refractivity contribution in [3.05, 3.63) is 24.4 Å². The van der Waals surface area contributed by atoms with Crippen LogP contribution >= 0.6 is 0 Å². The molecule has 62 valence electrons. The number of benzene rings is 1. The number of nitrogen functional groups attached to an aromatic ring is 1. The van der Waals surface area contributed by atoms with Crippen molar-refractivity contribution < 1.29 is 0 Å². The highest BCUT2D eigenvalue weighted by atomic mass is 15.3. The molecule has 12 heavy (non-hydrogen) atoms. The Morgan fingerprint density at radius 1 is 1.50 bits per heavy atom. The molecular formula is C9H11N3. The van der Waals surface area contributed by atoms with Crippen molar-refractivity contribution in [1.82, 2.24) is 9.78 Å². The fraction of sp³-hybridized carbons (Fsp3) is 0.222. The second-order valence-electron chi connectivity index (χ2n) is 2.76. The zero-order valence-electron chi connectivity index (χ0n) is 6.99. The van der Waals surface area contributed by atoms with E-state index in [1.165, 1.54) is 0 Å². The SMILES string of the molecule is CCn1cc2c(N)cccc2n1. The molecule has 2 aromatic rings. The van der Waals surface area contributed by atoms with Gasteiger partial charge in [-0.05, 0) is 19.1 Å². The molecular weight excluding hydrogens is 150 g/mol. The molecule has 0 spiro atoms. The Hall–Kier alpha value is -1.51. The molecule has 0 saturated heterocycles. The minimum Gasteiger partial charge on any atom is -0.398 e. The van der Waals surface area contributed by atoms with Crippen molar-refractivity contribution >= 4 is 16.6 Å². The predicted molar refractivity (Wildman–Crippen MR) is 49.8 cm³/mol. The maximum Gasteiger partial charge on any atom is 0.0944 e. The average molecular weight is 161 g/mol. The summed E-state index contributed by atoms with van der Waals surface area (Å²) in [5.41, 5.74) is 7.54. The van der Waals surface area contributed by atoms with Crippen LogP contribution in [0.3, 0.4) is 0 Å². The first-order chi connectivity index (χ1) is 5.81. The van der Waals surface area contributed by atoms with Gasteiger partial charge in [0.15, 0.2) is 0 Å². The molecule has 2 N–H and O–H groups in total. The van der Waals surface area contributed by atoms with Gasteiger partial charge in [-0.1, -0.05) is 6.07 Å². The Balaban J connectivity index is 2.74. The molecule has 0 fully saturated rings. The van der Waals surface area contributed by atoms with E-state index < -0.39 is 0 Å². The number of anilines is 1. The van der Waals surface area contributed by atoms with Crippen LogP contribution in [-0.2, 0) is 6.54 Å². The fourth-order valence-corrected chi connectivity index (χ4v) is 1.28. The Bertz CT molecular complexity index is 403. The molecule has 0 aliphatic rings. The number of rotatable bonds is 1. The maximum absolute atomic E-state index is 5.77. The third kappa shape index (κ3) is 0.942. The van der Waals surface area contributed by atoms with Gasteiger partial charge in [-0.15, -0.1) is 0 Å². The summed E-state index contributed by atoms with van der Waals surface area (Å²) < 4.78 is 1.89. The molecule has 0 radical (unpaired) electrons. The number of hydrogen-bond acceptors (Lipinski definition) is 2. The van der Waals surface area contributed by atoms with Gasteiger partial charge in [-0.2, -0.15) is 5.10 Å². The summed E-state index contributed by atoms with van der Waals surface area (Å²) in [6.45, 7) is 2.94. The molecule has 3 nitrogen and oxygen atoms in total. The van der Waals surface area contributed by atoms with Crippen molar-refractivity contribution in [3.8, 4) is 0 Å². The summed E-state index contributed by atoms with van der Waals surface area (Å²) >= 11 is 0. The van der Waals surface area contributed by atoms with Crippen LogP contribution in [0.1, 0.15) is 6.92 Å². The highest BCUT2D eigenvalue weighted by molar-refractivity contribution is 5.89. The van der Waals surface area contributed by atoms with Gasteiger partial charge in [0, 0.05) is 23.8 Å². The minimum absolute atomic E-state index is 0.798. The lowest BCUT2D eigenvalue weighted by Gasteiger charge is -1.90. The highest BCUT2D eigenvalue weighted by Crippen LogP contribution is 2.18. The van der Waals surface area contributed by atoms with Gasteiger partial charge in [0.1, 0.15) is 0 Å². The van der Waals surface area contributed by atoms with Crippen LogP contribution in [-0.4, -0.2) is 9.78 Å². The third-order valence-electron chi connectivity index (χ3n) is 1.96. The Morgan fingerprint density at radius 2 is 2.33 bits per heavy atom. The van der Waals surface area contributed by atoms with Gasteiger partial charge in [-0.3, -0.25) is 4.68 Å². The smallest absolute Gasteiger partial charge is 0.0944 e. The summed E-state index contributed by atoms with van der Waals surface area (Å²) in [6.07, 6.45) is 1.98. The number of fused-ring (bicyclic) bond motifs is 1. The lowest BCUT2D eigenvalue weighted by Crippen LogP contribution is -1.92. The van der Waals surface area contributed by atoms with Crippen molar-refractivity contribution in [3.63, 3.8) is 0 Å². The number of aromatic nitrogens is 2. The molecule has 1 aromatic heterocycles. The van der Waals surface area contributed by atoms with Crippen LogP contribution in [0.4, 0.5) is 5.69 Å². The van der Waals surface area contributed by atoms with Crippen molar-refractivity contribution in [2.75, 3.05) is 5.73 Å². The highest BCUT2D eigenvalue weighted by Gasteiger charge is 2.00. The predicted octanol–water partition coefficient (Wildman–Crippen LogP) is 1.64. The first kappa shape index (κ1) is 7.16. The summed E-state index contributed by atoms with van der Waals surface area (Å²) in [4.78, 5) is 0. The largest absolute Gasteiger partial charge is 0.398 e. The molecule has 0 bridgehead atoms. The molecule has 0 amide bonds. The van der Waals surface area contributed by atoms with Crippen LogP contribution in [0, 0.1) is 0 Å². The summed E-state index contributed by atoms with van der Waals surface area (Å²) in [7, 11) is 0. The van der Waals surface area contributed by atoms with Gasteiger partial charge in [0.2, 0.25) is 0 Å². The van der Waals surface area contributed by atoms with E-state index in [9.17, 15) is 0 Å². The molecule has 0 aliphatic carbocycles. The van der Waals surface area contributed by atoms with Gasteiger partial charge in [0.05, 0.1) is 5.52 Å². The van der Waals surface area contributed by atoms with E-state index >= 15 is 0 Å². The lowest BCUT2D eigenvalue weighted by molar-refractivity contribution is 0.668. The topological polar surface area (TPSA) is 43.8 Å². The van der Waals surface area contributed by atoms with E-state index in [4.69, 9.17) is 5.73 Å². The monoisotopic (exact) mass is 161 g/mol. The molecule has 1 aromatic carbocycles. The van der Waals surface area contributed by atoms with Gasteiger partial charge in [-0.25, -0.2) is 0 Å². The molecule has 2 rings (SSSR count). The van der Waals surface area contributed by atoms with Crippen LogP contribution < -0.4 is 5.73 Å². The Kier molecular flexibility index (Phi) is 1.50. The van der Waals surface area contributed by atoms with Gasteiger partial charge < -0.3 is 5.73 Å². The minimum atomic E-state index is 0.798.